The number of amides is 1. The molecular weight excluding hydrogens is 230 g/mol. The Labute approximate surface area is 107 Å². The number of hydrogen-bond donors (Lipinski definition) is 0. The largest absolute Gasteiger partial charge is 0.496 e. The van der Waals surface area contributed by atoms with E-state index in [0.717, 1.165) is 37.2 Å². The highest BCUT2D eigenvalue weighted by atomic mass is 16.5. The molecule has 2 rings (SSSR count). The van der Waals surface area contributed by atoms with Gasteiger partial charge in [0, 0.05) is 18.7 Å². The van der Waals surface area contributed by atoms with Gasteiger partial charge in [-0.1, -0.05) is 0 Å². The van der Waals surface area contributed by atoms with Crippen LogP contribution in [-0.2, 0) is 0 Å². The monoisotopic (exact) mass is 249 g/mol. The van der Waals surface area contributed by atoms with Crippen LogP contribution in [0.15, 0.2) is 12.1 Å². The zero-order chi connectivity index (χ0) is 13.1. The van der Waals surface area contributed by atoms with E-state index >= 15 is 0 Å². The molecule has 0 spiro atoms. The number of ether oxygens (including phenoxy) is 2. The van der Waals surface area contributed by atoms with Crippen LogP contribution in [0.4, 0.5) is 0 Å². The maximum atomic E-state index is 12.4. The third kappa shape index (κ3) is 2.15. The van der Waals surface area contributed by atoms with Crippen molar-refractivity contribution in [2.24, 2.45) is 0 Å². The summed E-state index contributed by atoms with van der Waals surface area (Å²) in [6.45, 7) is 3.58. The fraction of sp³-hybridized carbons (Fsp3) is 0.500. The fourth-order valence-corrected chi connectivity index (χ4v) is 2.42. The molecule has 4 heteroatoms. The Bertz CT molecular complexity index is 451. The Balaban J connectivity index is 2.37. The van der Waals surface area contributed by atoms with Gasteiger partial charge in [-0.2, -0.15) is 0 Å². The Morgan fingerprint density at radius 2 is 1.83 bits per heavy atom. The molecule has 0 radical (unpaired) electrons. The standard InChI is InChI=1S/C14H19NO3/c1-10-12(17-2)7-6-11(13(10)18-3)14(16)15-8-4-5-9-15/h6-7H,4-5,8-9H2,1-3H3. The van der Waals surface area contributed by atoms with E-state index in [-0.39, 0.29) is 5.91 Å². The first kappa shape index (κ1) is 12.7. The number of nitrogens with zero attached hydrogens (tertiary/aromatic N) is 1. The number of methoxy groups -OCH3 is 2. The molecule has 0 aromatic heterocycles. The summed E-state index contributed by atoms with van der Waals surface area (Å²) in [6.07, 6.45) is 2.17. The predicted octanol–water partition coefficient (Wildman–Crippen LogP) is 2.25. The third-order valence-corrected chi connectivity index (χ3v) is 3.40. The summed E-state index contributed by atoms with van der Waals surface area (Å²) in [4.78, 5) is 14.3. The first-order valence-corrected chi connectivity index (χ1v) is 6.20. The van der Waals surface area contributed by atoms with Crippen LogP contribution in [0.25, 0.3) is 0 Å². The van der Waals surface area contributed by atoms with Crippen LogP contribution in [-0.4, -0.2) is 38.1 Å². The van der Waals surface area contributed by atoms with Crippen molar-refractivity contribution in [3.8, 4) is 11.5 Å². The molecule has 0 unspecified atom stereocenters. The molecule has 18 heavy (non-hydrogen) atoms. The summed E-state index contributed by atoms with van der Waals surface area (Å²) in [6, 6.07) is 3.60. The summed E-state index contributed by atoms with van der Waals surface area (Å²) >= 11 is 0. The van der Waals surface area contributed by atoms with E-state index in [4.69, 9.17) is 9.47 Å². The van der Waals surface area contributed by atoms with Gasteiger partial charge in [0.1, 0.15) is 11.5 Å². The summed E-state index contributed by atoms with van der Waals surface area (Å²) in [5.41, 5.74) is 1.49. The Morgan fingerprint density at radius 3 is 2.39 bits per heavy atom. The molecule has 1 heterocycles. The van der Waals surface area contributed by atoms with Crippen molar-refractivity contribution in [3.05, 3.63) is 23.3 Å². The van der Waals surface area contributed by atoms with E-state index in [1.54, 1.807) is 20.3 Å². The lowest BCUT2D eigenvalue weighted by Gasteiger charge is -2.19. The minimum absolute atomic E-state index is 0.0510. The second-order valence-corrected chi connectivity index (χ2v) is 4.47. The summed E-state index contributed by atoms with van der Waals surface area (Å²) < 4.78 is 10.6. The Kier molecular flexibility index (Phi) is 3.75. The highest BCUT2D eigenvalue weighted by Gasteiger charge is 2.24. The van der Waals surface area contributed by atoms with Gasteiger partial charge in [0.05, 0.1) is 19.8 Å². The topological polar surface area (TPSA) is 38.8 Å². The predicted molar refractivity (Wildman–Crippen MR) is 69.4 cm³/mol. The lowest BCUT2D eigenvalue weighted by molar-refractivity contribution is 0.0789. The molecule has 4 nitrogen and oxygen atoms in total. The van der Waals surface area contributed by atoms with Crippen LogP contribution >= 0.6 is 0 Å². The summed E-state index contributed by atoms with van der Waals surface area (Å²) in [5, 5.41) is 0. The second-order valence-electron chi connectivity index (χ2n) is 4.47. The van der Waals surface area contributed by atoms with Gasteiger partial charge in [-0.25, -0.2) is 0 Å². The van der Waals surface area contributed by atoms with Gasteiger partial charge >= 0.3 is 0 Å². The van der Waals surface area contributed by atoms with Gasteiger partial charge in [0.15, 0.2) is 0 Å². The van der Waals surface area contributed by atoms with E-state index in [1.807, 2.05) is 17.9 Å². The van der Waals surface area contributed by atoms with Crippen LogP contribution in [0.2, 0.25) is 0 Å². The Morgan fingerprint density at radius 1 is 1.17 bits per heavy atom. The van der Waals surface area contributed by atoms with Gasteiger partial charge in [0.2, 0.25) is 0 Å². The van der Waals surface area contributed by atoms with Crippen LogP contribution in [0, 0.1) is 6.92 Å². The summed E-state index contributed by atoms with van der Waals surface area (Å²) in [5.74, 6) is 1.41. The minimum atomic E-state index is 0.0510. The van der Waals surface area contributed by atoms with E-state index in [1.165, 1.54) is 0 Å². The minimum Gasteiger partial charge on any atom is -0.496 e. The van der Waals surface area contributed by atoms with Crippen LogP contribution in [0.3, 0.4) is 0 Å². The fourth-order valence-electron chi connectivity index (χ4n) is 2.42. The van der Waals surface area contributed by atoms with Gasteiger partial charge < -0.3 is 14.4 Å². The molecular formula is C14H19NO3. The molecule has 1 aliphatic rings. The molecule has 1 aromatic rings. The SMILES string of the molecule is COc1ccc(C(=O)N2CCCC2)c(OC)c1C. The maximum absolute atomic E-state index is 12.4. The molecule has 0 bridgehead atoms. The molecule has 0 aliphatic carbocycles. The van der Waals surface area contributed by atoms with Crippen molar-refractivity contribution in [2.45, 2.75) is 19.8 Å². The number of hydrogen-bond acceptors (Lipinski definition) is 3. The van der Waals surface area contributed by atoms with Crippen molar-refractivity contribution in [3.63, 3.8) is 0 Å². The highest BCUT2D eigenvalue weighted by Crippen LogP contribution is 2.32. The van der Waals surface area contributed by atoms with Crippen molar-refractivity contribution in [1.82, 2.24) is 4.90 Å². The van der Waals surface area contributed by atoms with Crippen molar-refractivity contribution in [2.75, 3.05) is 27.3 Å². The van der Waals surface area contributed by atoms with Gasteiger partial charge in [-0.05, 0) is 31.9 Å². The number of carbonyl (C=O) groups excluding carboxylic acids is 1. The Hall–Kier alpha value is -1.71. The van der Waals surface area contributed by atoms with Crippen molar-refractivity contribution < 1.29 is 14.3 Å². The van der Waals surface area contributed by atoms with Gasteiger partial charge in [-0.15, -0.1) is 0 Å². The molecule has 98 valence electrons. The first-order valence-electron chi connectivity index (χ1n) is 6.20. The van der Waals surface area contributed by atoms with Crippen molar-refractivity contribution in [1.29, 1.82) is 0 Å². The molecule has 1 amide bonds. The number of benzene rings is 1. The lowest BCUT2D eigenvalue weighted by atomic mass is 10.1. The molecule has 1 fully saturated rings. The normalized spacial score (nSPS) is 14.7. The summed E-state index contributed by atoms with van der Waals surface area (Å²) in [7, 11) is 3.20. The molecule has 0 atom stereocenters. The molecule has 1 saturated heterocycles. The number of carbonyl (C=O) groups is 1. The molecule has 1 aliphatic heterocycles. The smallest absolute Gasteiger partial charge is 0.257 e. The highest BCUT2D eigenvalue weighted by molar-refractivity contribution is 5.97. The van der Waals surface area contributed by atoms with Gasteiger partial charge in [-0.3, -0.25) is 4.79 Å². The quantitative estimate of drug-likeness (QED) is 0.824. The zero-order valence-electron chi connectivity index (χ0n) is 11.2. The molecule has 0 N–H and O–H groups in total. The average Bonchev–Trinajstić information content (AvgIpc) is 2.91. The maximum Gasteiger partial charge on any atom is 0.257 e. The van der Waals surface area contributed by atoms with E-state index < -0.39 is 0 Å². The van der Waals surface area contributed by atoms with E-state index in [2.05, 4.69) is 0 Å². The molecule has 1 aromatic carbocycles. The van der Waals surface area contributed by atoms with Crippen LogP contribution in [0.1, 0.15) is 28.8 Å². The average molecular weight is 249 g/mol. The zero-order valence-corrected chi connectivity index (χ0v) is 11.2. The van der Waals surface area contributed by atoms with Gasteiger partial charge in [0.25, 0.3) is 5.91 Å². The number of likely N-dealkylation sites (tertiary alicyclic amines) is 1. The third-order valence-electron chi connectivity index (χ3n) is 3.40. The molecule has 0 saturated carbocycles. The second kappa shape index (κ2) is 5.29. The van der Waals surface area contributed by atoms with Crippen LogP contribution in [0.5, 0.6) is 11.5 Å². The van der Waals surface area contributed by atoms with Crippen LogP contribution < -0.4 is 9.47 Å². The number of rotatable bonds is 3. The van der Waals surface area contributed by atoms with E-state index in [9.17, 15) is 4.79 Å². The lowest BCUT2D eigenvalue weighted by Crippen LogP contribution is -2.28. The van der Waals surface area contributed by atoms with E-state index in [0.29, 0.717) is 11.3 Å². The first-order chi connectivity index (χ1) is 8.69. The van der Waals surface area contributed by atoms with Crippen molar-refractivity contribution >= 4 is 5.91 Å².